The molecule has 0 amide bonds. The standard InChI is InChI=1S/C19H19N3O2/c23-18-15-8-4-5-9-16(15)21-19(22-18)20-14-10-11-24-17(12-14)13-6-2-1-3-7-13/h1-9,14,17H,10-12H2,(H2,20,21,22,23). The molecule has 2 N–H and O–H groups in total. The first-order valence-electron chi connectivity index (χ1n) is 8.22. The minimum Gasteiger partial charge on any atom is -0.373 e. The van der Waals surface area contributed by atoms with Crippen molar-refractivity contribution in [3.05, 3.63) is 70.5 Å². The normalized spacial score (nSPS) is 20.8. The Morgan fingerprint density at radius 3 is 2.75 bits per heavy atom. The number of para-hydroxylation sites is 1. The van der Waals surface area contributed by atoms with Gasteiger partial charge in [0.05, 0.1) is 17.0 Å². The lowest BCUT2D eigenvalue weighted by Gasteiger charge is -2.30. The molecule has 4 rings (SSSR count). The predicted octanol–water partition coefficient (Wildman–Crippen LogP) is 3.26. The largest absolute Gasteiger partial charge is 0.373 e. The molecule has 0 spiro atoms. The molecule has 2 aromatic carbocycles. The topological polar surface area (TPSA) is 67.0 Å². The van der Waals surface area contributed by atoms with Gasteiger partial charge in [0.15, 0.2) is 0 Å². The fraction of sp³-hybridized carbons (Fsp3) is 0.263. The van der Waals surface area contributed by atoms with Crippen molar-refractivity contribution in [2.75, 3.05) is 11.9 Å². The third-order valence-corrected chi connectivity index (χ3v) is 4.41. The third kappa shape index (κ3) is 3.03. The number of aromatic nitrogens is 2. The van der Waals surface area contributed by atoms with Crippen LogP contribution in [0.15, 0.2) is 59.4 Å². The number of hydrogen-bond acceptors (Lipinski definition) is 4. The highest BCUT2D eigenvalue weighted by Crippen LogP contribution is 2.29. The molecular formula is C19H19N3O2. The highest BCUT2D eigenvalue weighted by atomic mass is 16.5. The van der Waals surface area contributed by atoms with Crippen molar-refractivity contribution in [3.63, 3.8) is 0 Å². The lowest BCUT2D eigenvalue weighted by molar-refractivity contribution is 0.00969. The van der Waals surface area contributed by atoms with Crippen molar-refractivity contribution in [3.8, 4) is 0 Å². The summed E-state index contributed by atoms with van der Waals surface area (Å²) in [4.78, 5) is 19.5. The molecule has 1 aliphatic rings. The number of rotatable bonds is 3. The summed E-state index contributed by atoms with van der Waals surface area (Å²) in [6.07, 6.45) is 1.81. The molecule has 0 radical (unpaired) electrons. The van der Waals surface area contributed by atoms with E-state index in [0.717, 1.165) is 12.8 Å². The monoisotopic (exact) mass is 321 g/mol. The summed E-state index contributed by atoms with van der Waals surface area (Å²) in [5.41, 5.74) is 1.77. The van der Waals surface area contributed by atoms with Gasteiger partial charge in [-0.05, 0) is 30.5 Å². The van der Waals surface area contributed by atoms with Gasteiger partial charge in [0.25, 0.3) is 5.56 Å². The summed E-state index contributed by atoms with van der Waals surface area (Å²) in [7, 11) is 0. The number of H-pyrrole nitrogens is 1. The van der Waals surface area contributed by atoms with Crippen molar-refractivity contribution >= 4 is 16.9 Å². The Morgan fingerprint density at radius 1 is 1.08 bits per heavy atom. The first-order chi connectivity index (χ1) is 11.8. The Kier molecular flexibility index (Phi) is 4.01. The molecule has 24 heavy (non-hydrogen) atoms. The van der Waals surface area contributed by atoms with Crippen LogP contribution in [0.1, 0.15) is 24.5 Å². The molecule has 0 saturated carbocycles. The Balaban J connectivity index is 1.54. The predicted molar refractivity (Wildman–Crippen MR) is 94.1 cm³/mol. The summed E-state index contributed by atoms with van der Waals surface area (Å²) >= 11 is 0. The zero-order valence-electron chi connectivity index (χ0n) is 13.2. The van der Waals surface area contributed by atoms with Crippen LogP contribution in [0.2, 0.25) is 0 Å². The van der Waals surface area contributed by atoms with Crippen molar-refractivity contribution in [1.82, 2.24) is 9.97 Å². The average Bonchev–Trinajstić information content (AvgIpc) is 2.63. The van der Waals surface area contributed by atoms with E-state index in [9.17, 15) is 4.79 Å². The van der Waals surface area contributed by atoms with E-state index in [1.807, 2.05) is 36.4 Å². The van der Waals surface area contributed by atoms with Crippen molar-refractivity contribution in [2.45, 2.75) is 25.0 Å². The van der Waals surface area contributed by atoms with E-state index in [1.54, 1.807) is 6.07 Å². The van der Waals surface area contributed by atoms with Crippen LogP contribution < -0.4 is 10.9 Å². The number of benzene rings is 2. The first kappa shape index (κ1) is 14.9. The molecule has 2 unspecified atom stereocenters. The van der Waals surface area contributed by atoms with Gasteiger partial charge >= 0.3 is 0 Å². The van der Waals surface area contributed by atoms with E-state index in [1.165, 1.54) is 5.56 Å². The molecule has 1 fully saturated rings. The molecule has 5 nitrogen and oxygen atoms in total. The van der Waals surface area contributed by atoms with E-state index in [0.29, 0.717) is 23.5 Å². The molecule has 1 aliphatic heterocycles. The van der Waals surface area contributed by atoms with Gasteiger partial charge < -0.3 is 10.1 Å². The van der Waals surface area contributed by atoms with Crippen LogP contribution in [-0.2, 0) is 4.74 Å². The maximum absolute atomic E-state index is 12.2. The number of anilines is 1. The summed E-state index contributed by atoms with van der Waals surface area (Å²) < 4.78 is 5.89. The molecule has 2 heterocycles. The van der Waals surface area contributed by atoms with Gasteiger partial charge in [0.2, 0.25) is 5.95 Å². The second kappa shape index (κ2) is 6.45. The van der Waals surface area contributed by atoms with E-state index in [4.69, 9.17) is 4.74 Å². The van der Waals surface area contributed by atoms with Gasteiger partial charge in [-0.25, -0.2) is 4.98 Å². The number of fused-ring (bicyclic) bond motifs is 1. The minimum atomic E-state index is -0.116. The van der Waals surface area contributed by atoms with E-state index in [2.05, 4.69) is 27.4 Å². The van der Waals surface area contributed by atoms with Gasteiger partial charge in [-0.3, -0.25) is 9.78 Å². The molecule has 0 bridgehead atoms. The Hall–Kier alpha value is -2.66. The number of hydrogen-bond donors (Lipinski definition) is 2. The zero-order valence-corrected chi connectivity index (χ0v) is 13.2. The highest BCUT2D eigenvalue weighted by molar-refractivity contribution is 5.78. The summed E-state index contributed by atoms with van der Waals surface area (Å²) in [6, 6.07) is 17.8. The first-order valence-corrected chi connectivity index (χ1v) is 8.22. The van der Waals surface area contributed by atoms with Crippen LogP contribution in [0.5, 0.6) is 0 Å². The zero-order chi connectivity index (χ0) is 16.4. The van der Waals surface area contributed by atoms with Crippen molar-refractivity contribution in [1.29, 1.82) is 0 Å². The Morgan fingerprint density at radius 2 is 1.88 bits per heavy atom. The Bertz CT molecular complexity index is 892. The second-order valence-corrected chi connectivity index (χ2v) is 6.07. The third-order valence-electron chi connectivity index (χ3n) is 4.41. The molecule has 122 valence electrons. The summed E-state index contributed by atoms with van der Waals surface area (Å²) in [5.74, 6) is 0.525. The van der Waals surface area contributed by atoms with Crippen LogP contribution in [0.3, 0.4) is 0 Å². The quantitative estimate of drug-likeness (QED) is 0.777. The number of nitrogens with zero attached hydrogens (tertiary/aromatic N) is 1. The van der Waals surface area contributed by atoms with Crippen molar-refractivity contribution < 1.29 is 4.74 Å². The van der Waals surface area contributed by atoms with Gasteiger partial charge in [-0.1, -0.05) is 42.5 Å². The van der Waals surface area contributed by atoms with E-state index >= 15 is 0 Å². The molecule has 5 heteroatoms. The Labute approximate surface area is 139 Å². The molecule has 2 atom stereocenters. The van der Waals surface area contributed by atoms with Crippen LogP contribution in [0.25, 0.3) is 10.9 Å². The SMILES string of the molecule is O=c1[nH]c(NC2CCOC(c3ccccc3)C2)nc2ccccc12. The molecule has 0 aliphatic carbocycles. The van der Waals surface area contributed by atoms with Gasteiger partial charge in [-0.15, -0.1) is 0 Å². The van der Waals surface area contributed by atoms with E-state index in [-0.39, 0.29) is 17.7 Å². The maximum atomic E-state index is 12.2. The van der Waals surface area contributed by atoms with Crippen LogP contribution in [0.4, 0.5) is 5.95 Å². The lowest BCUT2D eigenvalue weighted by atomic mass is 9.97. The van der Waals surface area contributed by atoms with Crippen molar-refractivity contribution in [2.24, 2.45) is 0 Å². The molecule has 3 aromatic rings. The van der Waals surface area contributed by atoms with Crippen LogP contribution in [0, 0.1) is 0 Å². The fourth-order valence-corrected chi connectivity index (χ4v) is 3.18. The van der Waals surface area contributed by atoms with Gasteiger partial charge in [0.1, 0.15) is 0 Å². The van der Waals surface area contributed by atoms with Crippen LogP contribution >= 0.6 is 0 Å². The molecular weight excluding hydrogens is 302 g/mol. The maximum Gasteiger partial charge on any atom is 0.260 e. The molecule has 1 aromatic heterocycles. The summed E-state index contributed by atoms with van der Waals surface area (Å²) in [5, 5.41) is 3.98. The molecule has 1 saturated heterocycles. The van der Waals surface area contributed by atoms with Gasteiger partial charge in [0, 0.05) is 12.6 Å². The number of aromatic amines is 1. The van der Waals surface area contributed by atoms with E-state index < -0.39 is 0 Å². The highest BCUT2D eigenvalue weighted by Gasteiger charge is 2.24. The number of nitrogens with one attached hydrogen (secondary N) is 2. The average molecular weight is 321 g/mol. The lowest BCUT2D eigenvalue weighted by Crippen LogP contribution is -2.31. The fourth-order valence-electron chi connectivity index (χ4n) is 3.18. The smallest absolute Gasteiger partial charge is 0.260 e. The number of ether oxygens (including phenoxy) is 1. The van der Waals surface area contributed by atoms with Crippen LogP contribution in [-0.4, -0.2) is 22.6 Å². The van der Waals surface area contributed by atoms with Gasteiger partial charge in [-0.2, -0.15) is 0 Å². The second-order valence-electron chi connectivity index (χ2n) is 6.07. The summed E-state index contributed by atoms with van der Waals surface area (Å²) in [6.45, 7) is 0.690. The minimum absolute atomic E-state index is 0.0737.